The van der Waals surface area contributed by atoms with Gasteiger partial charge in [-0.05, 0) is 75.7 Å². The molecular formula is C21H22Br2ClN3O. The molecule has 1 aliphatic heterocycles. The molecule has 1 aliphatic carbocycles. The summed E-state index contributed by atoms with van der Waals surface area (Å²) in [6.45, 7) is 4.12. The molecule has 0 unspecified atom stereocenters. The Kier molecular flexibility index (Phi) is 7.18. The van der Waals surface area contributed by atoms with Gasteiger partial charge in [0.1, 0.15) is 9.23 Å². The molecule has 1 fully saturated rings. The Bertz CT molecular complexity index is 901. The van der Waals surface area contributed by atoms with Crippen LogP contribution in [0.2, 0.25) is 5.02 Å². The number of nitrogens with zero attached hydrogens (tertiary/aromatic N) is 2. The fourth-order valence-corrected chi connectivity index (χ4v) is 4.34. The van der Waals surface area contributed by atoms with E-state index < -0.39 is 0 Å². The predicted molar refractivity (Wildman–Crippen MR) is 124 cm³/mol. The number of hydrogen-bond acceptors (Lipinski definition) is 3. The number of halogens is 3. The molecule has 0 spiro atoms. The maximum Gasteiger partial charge on any atom is 0.253 e. The van der Waals surface area contributed by atoms with Gasteiger partial charge in [-0.25, -0.2) is 4.99 Å². The number of nitrogens with one attached hydrogen (secondary N) is 1. The number of carbonyl (C=O) groups is 1. The number of amides is 1. The highest BCUT2D eigenvalue weighted by molar-refractivity contribution is 9.18. The van der Waals surface area contributed by atoms with Crippen molar-refractivity contribution in [2.75, 3.05) is 0 Å². The molecule has 28 heavy (non-hydrogen) atoms. The van der Waals surface area contributed by atoms with Gasteiger partial charge in [-0.2, -0.15) is 0 Å². The van der Waals surface area contributed by atoms with Crippen molar-refractivity contribution < 1.29 is 4.79 Å². The van der Waals surface area contributed by atoms with Gasteiger partial charge in [-0.3, -0.25) is 4.79 Å². The number of benzene rings is 1. The highest BCUT2D eigenvalue weighted by Crippen LogP contribution is 2.34. The van der Waals surface area contributed by atoms with Crippen LogP contribution in [0.5, 0.6) is 0 Å². The van der Waals surface area contributed by atoms with Crippen molar-refractivity contribution in [2.24, 2.45) is 4.99 Å². The third-order valence-corrected chi connectivity index (χ3v) is 5.77. The highest BCUT2D eigenvalue weighted by Gasteiger charge is 2.26. The second-order valence-electron chi connectivity index (χ2n) is 6.72. The molecule has 1 heterocycles. The highest BCUT2D eigenvalue weighted by atomic mass is 79.9. The summed E-state index contributed by atoms with van der Waals surface area (Å²) in [7, 11) is 0. The van der Waals surface area contributed by atoms with Gasteiger partial charge in [0.15, 0.2) is 0 Å². The summed E-state index contributed by atoms with van der Waals surface area (Å²) in [4.78, 5) is 18.9. The first-order chi connectivity index (χ1) is 13.4. The molecule has 148 valence electrons. The zero-order valence-corrected chi connectivity index (χ0v) is 19.7. The summed E-state index contributed by atoms with van der Waals surface area (Å²) in [5, 5.41) is 3.43. The SMILES string of the molecule is C/C=C(/c1ccc(C(=O)NC2CC2)c(Cl)c1)N1C=C(Br)N=C(Br)/C1=C\CCC. The number of aliphatic imine (C=N–C) groups is 1. The zero-order valence-electron chi connectivity index (χ0n) is 15.8. The van der Waals surface area contributed by atoms with Gasteiger partial charge in [-0.15, -0.1) is 0 Å². The normalized spacial score (nSPS) is 18.8. The van der Waals surface area contributed by atoms with Gasteiger partial charge in [-0.1, -0.05) is 43.2 Å². The number of allylic oxidation sites excluding steroid dienone is 3. The van der Waals surface area contributed by atoms with E-state index in [4.69, 9.17) is 11.6 Å². The number of hydrogen-bond donors (Lipinski definition) is 1. The van der Waals surface area contributed by atoms with Crippen LogP contribution in [0.1, 0.15) is 55.5 Å². The minimum Gasteiger partial charge on any atom is -0.349 e. The topological polar surface area (TPSA) is 44.7 Å². The average Bonchev–Trinajstić information content (AvgIpc) is 3.45. The van der Waals surface area contributed by atoms with Crippen LogP contribution in [-0.2, 0) is 0 Å². The summed E-state index contributed by atoms with van der Waals surface area (Å²) in [6.07, 6.45) is 10.2. The minimum atomic E-state index is -0.111. The molecule has 0 bridgehead atoms. The Balaban J connectivity index is 1.92. The second kappa shape index (κ2) is 9.42. The monoisotopic (exact) mass is 525 g/mol. The summed E-state index contributed by atoms with van der Waals surface area (Å²) in [5.41, 5.74) is 3.37. The van der Waals surface area contributed by atoms with E-state index in [2.05, 4.69) is 60.1 Å². The molecule has 0 radical (unpaired) electrons. The first kappa shape index (κ1) is 21.3. The average molecular weight is 528 g/mol. The van der Waals surface area contributed by atoms with E-state index in [1.807, 2.05) is 31.3 Å². The van der Waals surface area contributed by atoms with Crippen LogP contribution in [-0.4, -0.2) is 21.5 Å². The summed E-state index contributed by atoms with van der Waals surface area (Å²) in [5.74, 6) is -0.111. The lowest BCUT2D eigenvalue weighted by Crippen LogP contribution is -2.26. The first-order valence-electron chi connectivity index (χ1n) is 9.33. The fourth-order valence-electron chi connectivity index (χ4n) is 2.91. The molecule has 1 aromatic rings. The molecule has 3 rings (SSSR count). The van der Waals surface area contributed by atoms with Gasteiger partial charge in [0.2, 0.25) is 0 Å². The Morgan fingerprint density at radius 3 is 2.75 bits per heavy atom. The number of unbranched alkanes of at least 4 members (excludes halogenated alkanes) is 1. The molecule has 1 amide bonds. The van der Waals surface area contributed by atoms with Gasteiger partial charge in [0.05, 0.1) is 16.3 Å². The lowest BCUT2D eigenvalue weighted by atomic mass is 10.1. The standard InChI is InChI=1S/C21H22Br2ClN3O/c1-3-5-6-18-20(23)26-19(22)12-27(18)17(4-2)13-7-10-15(16(24)11-13)21(28)25-14-8-9-14/h4,6-7,10-12,14H,3,5,8-9H2,1-2H3,(H,25,28)/b17-4-,18-6+. The molecule has 2 aliphatic rings. The maximum absolute atomic E-state index is 12.4. The minimum absolute atomic E-state index is 0.111. The van der Waals surface area contributed by atoms with Crippen LogP contribution in [0.15, 0.2) is 51.8 Å². The third kappa shape index (κ3) is 4.97. The van der Waals surface area contributed by atoms with Crippen LogP contribution in [0.4, 0.5) is 0 Å². The first-order valence-corrected chi connectivity index (χ1v) is 11.3. The Morgan fingerprint density at radius 1 is 1.39 bits per heavy atom. The molecule has 1 saturated carbocycles. The van der Waals surface area contributed by atoms with Gasteiger partial charge in [0.25, 0.3) is 5.91 Å². The van der Waals surface area contributed by atoms with E-state index in [-0.39, 0.29) is 5.91 Å². The maximum atomic E-state index is 12.4. The molecule has 0 saturated heterocycles. The van der Waals surface area contributed by atoms with E-state index in [1.165, 1.54) is 0 Å². The lowest BCUT2D eigenvalue weighted by Gasteiger charge is -2.29. The summed E-state index contributed by atoms with van der Waals surface area (Å²) in [6, 6.07) is 5.87. The zero-order chi connectivity index (χ0) is 20.3. The van der Waals surface area contributed by atoms with Crippen molar-refractivity contribution in [1.82, 2.24) is 10.2 Å². The van der Waals surface area contributed by atoms with Crippen LogP contribution in [0.3, 0.4) is 0 Å². The predicted octanol–water partition coefficient (Wildman–Crippen LogP) is 6.58. The quantitative estimate of drug-likeness (QED) is 0.425. The third-order valence-electron chi connectivity index (χ3n) is 4.49. The smallest absolute Gasteiger partial charge is 0.253 e. The van der Waals surface area contributed by atoms with Crippen LogP contribution >= 0.6 is 43.5 Å². The van der Waals surface area contributed by atoms with Crippen molar-refractivity contribution >= 4 is 59.7 Å². The van der Waals surface area contributed by atoms with Gasteiger partial charge < -0.3 is 10.2 Å². The molecular weight excluding hydrogens is 506 g/mol. The van der Waals surface area contributed by atoms with Crippen LogP contribution in [0, 0.1) is 0 Å². The molecule has 1 N–H and O–H groups in total. The van der Waals surface area contributed by atoms with Crippen molar-refractivity contribution in [3.8, 4) is 0 Å². The lowest BCUT2D eigenvalue weighted by molar-refractivity contribution is 0.0951. The van der Waals surface area contributed by atoms with Gasteiger partial charge in [0, 0.05) is 17.9 Å². The second-order valence-corrected chi connectivity index (χ2v) is 8.69. The molecule has 7 heteroatoms. The van der Waals surface area contributed by atoms with Crippen molar-refractivity contribution in [1.29, 1.82) is 0 Å². The largest absolute Gasteiger partial charge is 0.349 e. The van der Waals surface area contributed by atoms with E-state index in [0.717, 1.165) is 51.9 Å². The molecule has 4 nitrogen and oxygen atoms in total. The van der Waals surface area contributed by atoms with E-state index >= 15 is 0 Å². The summed E-state index contributed by atoms with van der Waals surface area (Å²) >= 11 is 13.5. The Morgan fingerprint density at radius 2 is 2.14 bits per heavy atom. The molecule has 0 aromatic heterocycles. The van der Waals surface area contributed by atoms with E-state index in [1.54, 1.807) is 6.07 Å². The molecule has 0 atom stereocenters. The van der Waals surface area contributed by atoms with Crippen molar-refractivity contribution in [2.45, 2.75) is 45.6 Å². The van der Waals surface area contributed by atoms with Crippen molar-refractivity contribution in [3.63, 3.8) is 0 Å². The van der Waals surface area contributed by atoms with Gasteiger partial charge >= 0.3 is 0 Å². The summed E-state index contributed by atoms with van der Waals surface area (Å²) < 4.78 is 1.49. The number of carbonyl (C=O) groups excluding carboxylic acids is 1. The Hall–Kier alpha value is -1.37. The molecule has 1 aromatic carbocycles. The van der Waals surface area contributed by atoms with E-state index in [9.17, 15) is 4.79 Å². The van der Waals surface area contributed by atoms with E-state index in [0.29, 0.717) is 16.6 Å². The fraction of sp³-hybridized carbons (Fsp3) is 0.333. The van der Waals surface area contributed by atoms with Crippen molar-refractivity contribution in [3.05, 3.63) is 63.0 Å². The Labute approximate surface area is 187 Å². The number of rotatable bonds is 6. The van der Waals surface area contributed by atoms with Crippen LogP contribution in [0.25, 0.3) is 5.70 Å². The van der Waals surface area contributed by atoms with Crippen LogP contribution < -0.4 is 5.32 Å².